The standard InChI is InChI=1S/C40H54ClN3O7S/c1-25-6-4-8-34(39-49-21-31(22-50-39)43-19-32(20-43)48-3)33-12-9-29(33)18-44-23-40(15-5-7-27-16-30(41)11-13-35(27)40)24-51-37-14-10-28(17-36(37)44)38(45)42-52(46,47)26(25)2/h10-11,13-14,16-17,25-26,29,31-34,39H,4-9,12,15,18-24H2,1-3H3,(H,42,45)/t25-,26+,29-,31?,33+,34+,39?,40-/m0/s1. The number of nitrogens with zero attached hydrogens (tertiary/aromatic N) is 2. The summed E-state index contributed by atoms with van der Waals surface area (Å²) < 4.78 is 54.9. The molecular formula is C40H54ClN3O7S. The van der Waals surface area contributed by atoms with Crippen LogP contribution in [0.1, 0.15) is 80.3 Å². The Hall–Kier alpha value is -2.41. The van der Waals surface area contributed by atoms with Crippen molar-refractivity contribution in [1.82, 2.24) is 9.62 Å². The number of benzene rings is 2. The Balaban J connectivity index is 1.12. The van der Waals surface area contributed by atoms with E-state index >= 15 is 0 Å². The number of rotatable bonds is 3. The van der Waals surface area contributed by atoms with Crippen LogP contribution in [0.15, 0.2) is 36.4 Å². The fourth-order valence-electron chi connectivity index (χ4n) is 9.86. The van der Waals surface area contributed by atoms with Crippen LogP contribution in [-0.4, -0.2) is 96.0 Å². The molecule has 2 bridgehead atoms. The first-order valence-corrected chi connectivity index (χ1v) is 21.3. The van der Waals surface area contributed by atoms with E-state index in [-0.39, 0.29) is 35.7 Å². The van der Waals surface area contributed by atoms with Gasteiger partial charge in [-0.3, -0.25) is 9.69 Å². The largest absolute Gasteiger partial charge is 0.490 e. The topological polar surface area (TPSA) is 107 Å². The van der Waals surface area contributed by atoms with Gasteiger partial charge in [0.05, 0.1) is 42.9 Å². The molecule has 284 valence electrons. The van der Waals surface area contributed by atoms with Crippen LogP contribution in [0.5, 0.6) is 5.75 Å². The fourth-order valence-corrected chi connectivity index (χ4v) is 11.4. The second kappa shape index (κ2) is 14.7. The highest BCUT2D eigenvalue weighted by Gasteiger charge is 2.47. The molecule has 10 nitrogen and oxygen atoms in total. The number of hydrogen-bond acceptors (Lipinski definition) is 9. The third-order valence-corrected chi connectivity index (χ3v) is 15.6. The maximum atomic E-state index is 13.6. The van der Waals surface area contributed by atoms with Crippen LogP contribution >= 0.6 is 11.6 Å². The number of halogens is 1. The van der Waals surface area contributed by atoms with Gasteiger partial charge in [0.2, 0.25) is 10.0 Å². The predicted molar refractivity (Wildman–Crippen MR) is 201 cm³/mol. The van der Waals surface area contributed by atoms with Crippen molar-refractivity contribution in [1.29, 1.82) is 0 Å². The van der Waals surface area contributed by atoms with E-state index in [1.165, 1.54) is 11.1 Å². The number of carbonyl (C=O) groups excluding carboxylic acids is 1. The third-order valence-electron chi connectivity index (χ3n) is 13.5. The average Bonchev–Trinajstić information content (AvgIpc) is 3.25. The summed E-state index contributed by atoms with van der Waals surface area (Å²) in [5.74, 6) is 1.00. The lowest BCUT2D eigenvalue weighted by Gasteiger charge is -2.50. The Morgan fingerprint density at radius 2 is 1.77 bits per heavy atom. The summed E-state index contributed by atoms with van der Waals surface area (Å²) in [6.45, 7) is 8.85. The second-order valence-corrected chi connectivity index (χ2v) is 19.0. The van der Waals surface area contributed by atoms with E-state index < -0.39 is 21.2 Å². The molecule has 8 rings (SSSR count). The first-order chi connectivity index (χ1) is 25.0. The van der Waals surface area contributed by atoms with Crippen molar-refractivity contribution in [3.05, 3.63) is 58.1 Å². The molecule has 4 aliphatic heterocycles. The van der Waals surface area contributed by atoms with Crippen LogP contribution in [0.3, 0.4) is 0 Å². The zero-order valence-electron chi connectivity index (χ0n) is 30.7. The molecule has 1 saturated carbocycles. The highest BCUT2D eigenvalue weighted by atomic mass is 35.5. The molecule has 52 heavy (non-hydrogen) atoms. The first kappa shape index (κ1) is 36.6. The molecule has 1 amide bonds. The maximum Gasteiger partial charge on any atom is 0.264 e. The smallest absolute Gasteiger partial charge is 0.264 e. The second-order valence-electron chi connectivity index (χ2n) is 16.5. The van der Waals surface area contributed by atoms with Gasteiger partial charge in [0.25, 0.3) is 5.91 Å². The molecule has 3 fully saturated rings. The lowest BCUT2D eigenvalue weighted by molar-refractivity contribution is -0.251. The Morgan fingerprint density at radius 3 is 2.52 bits per heavy atom. The van der Waals surface area contributed by atoms with Crippen LogP contribution < -0.4 is 14.4 Å². The van der Waals surface area contributed by atoms with Crippen molar-refractivity contribution in [3.63, 3.8) is 0 Å². The number of likely N-dealkylation sites (tertiary alicyclic amines) is 1. The molecule has 12 heteroatoms. The molecule has 2 aromatic carbocycles. The molecule has 0 radical (unpaired) electrons. The number of hydrogen-bond donors (Lipinski definition) is 1. The van der Waals surface area contributed by atoms with Crippen molar-refractivity contribution in [3.8, 4) is 5.75 Å². The van der Waals surface area contributed by atoms with E-state index in [1.54, 1.807) is 20.1 Å². The molecule has 6 atom stereocenters. The van der Waals surface area contributed by atoms with Gasteiger partial charge in [0.1, 0.15) is 5.75 Å². The Morgan fingerprint density at radius 1 is 0.962 bits per heavy atom. The zero-order chi connectivity index (χ0) is 36.2. The van der Waals surface area contributed by atoms with Gasteiger partial charge in [-0.1, -0.05) is 31.0 Å². The minimum Gasteiger partial charge on any atom is -0.490 e. The quantitative estimate of drug-likeness (QED) is 0.417. The minimum atomic E-state index is -3.91. The normalized spacial score (nSPS) is 35.6. The van der Waals surface area contributed by atoms with E-state index in [1.807, 2.05) is 25.1 Å². The van der Waals surface area contributed by atoms with Gasteiger partial charge >= 0.3 is 0 Å². The lowest BCUT2D eigenvalue weighted by atomic mass is 9.64. The van der Waals surface area contributed by atoms with Crippen LogP contribution in [0, 0.1) is 23.7 Å². The van der Waals surface area contributed by atoms with Gasteiger partial charge in [0.15, 0.2) is 6.29 Å². The Bertz CT molecular complexity index is 1750. The van der Waals surface area contributed by atoms with E-state index in [4.69, 9.17) is 30.5 Å². The van der Waals surface area contributed by atoms with Gasteiger partial charge < -0.3 is 23.8 Å². The van der Waals surface area contributed by atoms with E-state index in [0.717, 1.165) is 94.0 Å². The zero-order valence-corrected chi connectivity index (χ0v) is 32.3. The van der Waals surface area contributed by atoms with Crippen LogP contribution in [0.25, 0.3) is 0 Å². The Labute approximate surface area is 313 Å². The van der Waals surface area contributed by atoms with Gasteiger partial charge in [0, 0.05) is 55.2 Å². The summed E-state index contributed by atoms with van der Waals surface area (Å²) >= 11 is 6.49. The minimum absolute atomic E-state index is 0.130. The predicted octanol–water partition coefficient (Wildman–Crippen LogP) is 5.80. The number of carbonyl (C=O) groups is 1. The molecule has 1 spiro atoms. The van der Waals surface area contributed by atoms with Gasteiger partial charge in [-0.15, -0.1) is 0 Å². The first-order valence-electron chi connectivity index (χ1n) is 19.4. The summed E-state index contributed by atoms with van der Waals surface area (Å²) in [7, 11) is -2.15. The number of ether oxygens (including phenoxy) is 4. The average molecular weight is 756 g/mol. The molecule has 2 aliphatic carbocycles. The lowest BCUT2D eigenvalue weighted by Crippen LogP contribution is -2.61. The monoisotopic (exact) mass is 755 g/mol. The number of amides is 1. The number of anilines is 1. The molecule has 6 aliphatic rings. The molecule has 0 unspecified atom stereocenters. The number of fused-ring (bicyclic) bond motifs is 4. The molecule has 2 aromatic rings. The number of nitrogens with one attached hydrogen (secondary N) is 1. The Kier molecular flexibility index (Phi) is 10.3. The molecular weight excluding hydrogens is 702 g/mol. The summed E-state index contributed by atoms with van der Waals surface area (Å²) in [5, 5.41) is 0.0221. The molecule has 2 saturated heterocycles. The van der Waals surface area contributed by atoms with Gasteiger partial charge in [-0.25, -0.2) is 13.1 Å². The fraction of sp³-hybridized carbons (Fsp3) is 0.675. The van der Waals surface area contributed by atoms with Crippen LogP contribution in [0.4, 0.5) is 5.69 Å². The van der Waals surface area contributed by atoms with Crippen molar-refractivity contribution in [2.24, 2.45) is 23.7 Å². The van der Waals surface area contributed by atoms with Crippen molar-refractivity contribution in [2.45, 2.75) is 94.3 Å². The molecule has 1 N–H and O–H groups in total. The summed E-state index contributed by atoms with van der Waals surface area (Å²) in [5.41, 5.74) is 3.47. The number of aryl methyl sites for hydroxylation is 1. The van der Waals surface area contributed by atoms with Crippen LogP contribution in [0.2, 0.25) is 5.02 Å². The number of sulfonamides is 1. The number of methoxy groups -OCH3 is 1. The summed E-state index contributed by atoms with van der Waals surface area (Å²) in [6.07, 6.45) is 7.72. The van der Waals surface area contributed by atoms with E-state index in [2.05, 4.69) is 26.7 Å². The van der Waals surface area contributed by atoms with Gasteiger partial charge in [-0.2, -0.15) is 0 Å². The SMILES string of the molecule is COC1CN(C2COC([C@@H]3CCC[C@H](C)[C@@H](C)S(=O)(=O)NC(=O)c4ccc5c(c4)N(C[C@@H]4CC[C@H]43)C[C@@]3(CCCc4cc(Cl)ccc43)CO5)OC2)C1. The van der Waals surface area contributed by atoms with Gasteiger partial charge in [-0.05, 0) is 111 Å². The maximum absolute atomic E-state index is 13.6. The van der Waals surface area contributed by atoms with E-state index in [0.29, 0.717) is 37.2 Å². The summed E-state index contributed by atoms with van der Waals surface area (Å²) in [4.78, 5) is 18.4. The molecule has 0 aromatic heterocycles. The van der Waals surface area contributed by atoms with Crippen molar-refractivity contribution in [2.75, 3.05) is 58.0 Å². The third kappa shape index (κ3) is 6.99. The van der Waals surface area contributed by atoms with Crippen molar-refractivity contribution >= 4 is 33.2 Å². The van der Waals surface area contributed by atoms with E-state index in [9.17, 15) is 13.2 Å². The summed E-state index contributed by atoms with van der Waals surface area (Å²) in [6, 6.07) is 11.9. The van der Waals surface area contributed by atoms with Crippen molar-refractivity contribution < 1.29 is 32.2 Å². The highest BCUT2D eigenvalue weighted by molar-refractivity contribution is 7.90. The van der Waals surface area contributed by atoms with Crippen LogP contribution in [-0.2, 0) is 36.1 Å². The molecule has 4 heterocycles. The highest BCUT2D eigenvalue weighted by Crippen LogP contribution is 2.49.